The number of thioether (sulfide) groups is 1. The van der Waals surface area contributed by atoms with Crippen LogP contribution in [0.5, 0.6) is 0 Å². The highest BCUT2D eigenvalue weighted by Gasteiger charge is 2.30. The van der Waals surface area contributed by atoms with Crippen molar-refractivity contribution in [3.05, 3.63) is 66.2 Å². The lowest BCUT2D eigenvalue weighted by molar-refractivity contribution is -0.120. The van der Waals surface area contributed by atoms with Crippen molar-refractivity contribution in [3.63, 3.8) is 0 Å². The summed E-state index contributed by atoms with van der Waals surface area (Å²) in [6.07, 6.45) is 2.14. The lowest BCUT2D eigenvalue weighted by atomic mass is 10.1. The van der Waals surface area contributed by atoms with Gasteiger partial charge in [0, 0.05) is 18.2 Å². The van der Waals surface area contributed by atoms with Crippen LogP contribution in [0.4, 0.5) is 0 Å². The molecule has 1 amide bonds. The fraction of sp³-hybridized carbons (Fsp3) is 0.286. The Kier molecular flexibility index (Phi) is 5.25. The van der Waals surface area contributed by atoms with Crippen LogP contribution in [-0.4, -0.2) is 26.7 Å². The molecule has 1 fully saturated rings. The SMILES string of the molecule is CCn1c(SC(C(=O)NC2CC2)c2ccccc2)nnc1-c1ccccc1. The predicted octanol–water partition coefficient (Wildman–Crippen LogP) is 4.08. The van der Waals surface area contributed by atoms with Crippen LogP contribution in [0.2, 0.25) is 0 Å². The molecule has 0 bridgehead atoms. The van der Waals surface area contributed by atoms with Crippen molar-refractivity contribution >= 4 is 17.7 Å². The molecular formula is C21H22N4OS. The smallest absolute Gasteiger partial charge is 0.238 e. The second kappa shape index (κ2) is 7.96. The quantitative estimate of drug-likeness (QED) is 0.630. The minimum Gasteiger partial charge on any atom is -0.352 e. The normalized spacial score (nSPS) is 14.7. The van der Waals surface area contributed by atoms with Gasteiger partial charge in [-0.05, 0) is 25.3 Å². The number of amides is 1. The Labute approximate surface area is 163 Å². The zero-order chi connectivity index (χ0) is 18.6. The van der Waals surface area contributed by atoms with Gasteiger partial charge in [0.1, 0.15) is 5.25 Å². The Morgan fingerprint density at radius 3 is 2.41 bits per heavy atom. The van der Waals surface area contributed by atoms with Gasteiger partial charge in [-0.3, -0.25) is 4.79 Å². The van der Waals surface area contributed by atoms with Crippen LogP contribution < -0.4 is 5.32 Å². The Balaban J connectivity index is 1.65. The maximum atomic E-state index is 12.9. The topological polar surface area (TPSA) is 59.8 Å². The largest absolute Gasteiger partial charge is 0.352 e. The summed E-state index contributed by atoms with van der Waals surface area (Å²) in [6.45, 7) is 2.81. The Bertz CT molecular complexity index is 906. The Hall–Kier alpha value is -2.60. The molecule has 0 radical (unpaired) electrons. The van der Waals surface area contributed by atoms with Gasteiger partial charge in [-0.2, -0.15) is 0 Å². The van der Waals surface area contributed by atoms with Gasteiger partial charge in [0.25, 0.3) is 0 Å². The van der Waals surface area contributed by atoms with Gasteiger partial charge < -0.3 is 9.88 Å². The molecule has 0 saturated heterocycles. The minimum absolute atomic E-state index is 0.0422. The van der Waals surface area contributed by atoms with Crippen molar-refractivity contribution in [3.8, 4) is 11.4 Å². The van der Waals surface area contributed by atoms with Crippen molar-refractivity contribution in [2.75, 3.05) is 0 Å². The van der Waals surface area contributed by atoms with E-state index in [1.54, 1.807) is 0 Å². The van der Waals surface area contributed by atoms with E-state index < -0.39 is 0 Å². The summed E-state index contributed by atoms with van der Waals surface area (Å²) < 4.78 is 2.07. The summed E-state index contributed by atoms with van der Waals surface area (Å²) in [4.78, 5) is 12.9. The highest BCUT2D eigenvalue weighted by molar-refractivity contribution is 8.00. The van der Waals surface area contributed by atoms with Crippen LogP contribution in [0, 0.1) is 0 Å². The molecule has 27 heavy (non-hydrogen) atoms. The summed E-state index contributed by atoms with van der Waals surface area (Å²) in [6, 6.07) is 20.2. The van der Waals surface area contributed by atoms with Gasteiger partial charge in [-0.1, -0.05) is 72.4 Å². The first-order chi connectivity index (χ1) is 13.3. The molecule has 1 aromatic heterocycles. The molecule has 4 rings (SSSR count). The molecule has 1 unspecified atom stereocenters. The van der Waals surface area contributed by atoms with Gasteiger partial charge >= 0.3 is 0 Å². The fourth-order valence-electron chi connectivity index (χ4n) is 2.97. The second-order valence-electron chi connectivity index (χ2n) is 6.61. The molecule has 1 aliphatic carbocycles. The van der Waals surface area contributed by atoms with Crippen molar-refractivity contribution in [1.29, 1.82) is 0 Å². The molecule has 1 atom stereocenters. The number of hydrogen-bond acceptors (Lipinski definition) is 4. The van der Waals surface area contributed by atoms with E-state index in [1.165, 1.54) is 11.8 Å². The standard InChI is InChI=1S/C21H22N4OS/c1-2-25-19(16-11-7-4-8-12-16)23-24-21(25)27-18(15-9-5-3-6-10-15)20(26)22-17-13-14-17/h3-12,17-18H,2,13-14H2,1H3,(H,22,26). The van der Waals surface area contributed by atoms with Gasteiger partial charge in [-0.15, -0.1) is 10.2 Å². The first-order valence-corrected chi connectivity index (χ1v) is 10.1. The molecule has 1 aliphatic rings. The highest BCUT2D eigenvalue weighted by atomic mass is 32.2. The summed E-state index contributed by atoms with van der Waals surface area (Å²) in [5, 5.41) is 12.3. The van der Waals surface area contributed by atoms with Crippen molar-refractivity contribution in [1.82, 2.24) is 20.1 Å². The Morgan fingerprint density at radius 1 is 1.11 bits per heavy atom. The van der Waals surface area contributed by atoms with Crippen LogP contribution in [0.1, 0.15) is 30.6 Å². The maximum Gasteiger partial charge on any atom is 0.238 e. The van der Waals surface area contributed by atoms with E-state index in [-0.39, 0.29) is 11.2 Å². The second-order valence-corrected chi connectivity index (χ2v) is 7.68. The molecule has 2 aromatic carbocycles. The minimum atomic E-state index is -0.343. The lowest BCUT2D eigenvalue weighted by Crippen LogP contribution is -2.30. The van der Waals surface area contributed by atoms with Crippen LogP contribution in [0.3, 0.4) is 0 Å². The van der Waals surface area contributed by atoms with Gasteiger partial charge in [0.05, 0.1) is 0 Å². The summed E-state index contributed by atoms with van der Waals surface area (Å²) >= 11 is 1.46. The average Bonchev–Trinajstić information content (AvgIpc) is 3.43. The van der Waals surface area contributed by atoms with Gasteiger partial charge in [0.2, 0.25) is 5.91 Å². The van der Waals surface area contributed by atoms with E-state index in [2.05, 4.69) is 27.0 Å². The number of carbonyl (C=O) groups is 1. The molecule has 3 aromatic rings. The summed E-state index contributed by atoms with van der Waals surface area (Å²) in [5.74, 6) is 0.871. The van der Waals surface area contributed by atoms with Gasteiger partial charge in [-0.25, -0.2) is 0 Å². The zero-order valence-electron chi connectivity index (χ0n) is 15.2. The van der Waals surface area contributed by atoms with E-state index >= 15 is 0 Å². The number of nitrogens with zero attached hydrogens (tertiary/aromatic N) is 3. The van der Waals surface area contributed by atoms with E-state index in [9.17, 15) is 4.79 Å². The van der Waals surface area contributed by atoms with Crippen LogP contribution in [0.25, 0.3) is 11.4 Å². The third kappa shape index (κ3) is 4.06. The first-order valence-electron chi connectivity index (χ1n) is 9.27. The molecule has 1 N–H and O–H groups in total. The summed E-state index contributed by atoms with van der Waals surface area (Å²) in [5.41, 5.74) is 2.00. The van der Waals surface area contributed by atoms with E-state index in [0.717, 1.165) is 41.5 Å². The van der Waals surface area contributed by atoms with E-state index in [1.807, 2.05) is 60.7 Å². The molecule has 1 heterocycles. The number of nitrogens with one attached hydrogen (secondary N) is 1. The number of benzene rings is 2. The molecule has 0 aliphatic heterocycles. The van der Waals surface area contributed by atoms with E-state index in [0.29, 0.717) is 6.04 Å². The average molecular weight is 379 g/mol. The van der Waals surface area contributed by atoms with Gasteiger partial charge in [0.15, 0.2) is 11.0 Å². The van der Waals surface area contributed by atoms with Crippen LogP contribution in [0.15, 0.2) is 65.8 Å². The van der Waals surface area contributed by atoms with Crippen LogP contribution in [-0.2, 0) is 11.3 Å². The molecule has 0 spiro atoms. The molecule has 6 heteroatoms. The summed E-state index contributed by atoms with van der Waals surface area (Å²) in [7, 11) is 0. The van der Waals surface area contributed by atoms with Crippen molar-refractivity contribution in [2.45, 2.75) is 42.8 Å². The third-order valence-corrected chi connectivity index (χ3v) is 5.79. The third-order valence-electron chi connectivity index (χ3n) is 4.55. The number of rotatable bonds is 7. The van der Waals surface area contributed by atoms with Crippen molar-refractivity contribution < 1.29 is 4.79 Å². The maximum absolute atomic E-state index is 12.9. The molecule has 1 saturated carbocycles. The molecule has 5 nitrogen and oxygen atoms in total. The predicted molar refractivity (Wildman–Crippen MR) is 107 cm³/mol. The zero-order valence-corrected chi connectivity index (χ0v) is 16.0. The number of aromatic nitrogens is 3. The lowest BCUT2D eigenvalue weighted by Gasteiger charge is -2.17. The first kappa shape index (κ1) is 17.8. The number of carbonyl (C=O) groups excluding carboxylic acids is 1. The fourth-order valence-corrected chi connectivity index (χ4v) is 4.08. The van der Waals surface area contributed by atoms with E-state index in [4.69, 9.17) is 0 Å². The Morgan fingerprint density at radius 2 is 1.78 bits per heavy atom. The molecular weight excluding hydrogens is 356 g/mol. The van der Waals surface area contributed by atoms with Crippen molar-refractivity contribution in [2.24, 2.45) is 0 Å². The number of hydrogen-bond donors (Lipinski definition) is 1. The molecule has 138 valence electrons. The van der Waals surface area contributed by atoms with Crippen LogP contribution >= 0.6 is 11.8 Å². The highest BCUT2D eigenvalue weighted by Crippen LogP contribution is 2.36. The monoisotopic (exact) mass is 378 g/mol.